The Hall–Kier alpha value is -4.11. The summed E-state index contributed by atoms with van der Waals surface area (Å²) in [7, 11) is 1.60. The van der Waals surface area contributed by atoms with E-state index in [1.165, 1.54) is 13.8 Å². The maximum absolute atomic E-state index is 12.8. The zero-order chi connectivity index (χ0) is 35.1. The summed E-state index contributed by atoms with van der Waals surface area (Å²) in [6, 6.07) is 0. The van der Waals surface area contributed by atoms with Crippen molar-refractivity contribution in [3.8, 4) is 0 Å². The van der Waals surface area contributed by atoms with Gasteiger partial charge in [-0.2, -0.15) is 0 Å². The zero-order valence-corrected chi connectivity index (χ0v) is 33.3. The molecule has 1 aromatic heterocycles. The number of carbonyl (C=O) groups excluding carboxylic acids is 3. The summed E-state index contributed by atoms with van der Waals surface area (Å²) in [5.74, 6) is -0.440. The summed E-state index contributed by atoms with van der Waals surface area (Å²) >= 11 is 0. The molecule has 256 valence electrons. The van der Waals surface area contributed by atoms with Crippen LogP contribution in [0.15, 0.2) is 66.6 Å². The van der Waals surface area contributed by atoms with E-state index in [4.69, 9.17) is 29.2 Å². The number of nitrogens with zero attached hydrogens (tertiary/aromatic N) is 4. The quantitative estimate of drug-likeness (QED) is 0.152. The molecule has 0 spiro atoms. The van der Waals surface area contributed by atoms with Crippen LogP contribution in [0.1, 0.15) is 103 Å². The van der Waals surface area contributed by atoms with Gasteiger partial charge in [0.05, 0.1) is 43.3 Å². The van der Waals surface area contributed by atoms with E-state index in [0.717, 1.165) is 86.7 Å². The molecule has 10 nitrogen and oxygen atoms in total. The molecule has 3 aliphatic rings. The second-order valence-electron chi connectivity index (χ2n) is 11.7. The molecule has 0 saturated carbocycles. The van der Waals surface area contributed by atoms with Gasteiger partial charge in [0.15, 0.2) is 0 Å². The van der Waals surface area contributed by atoms with Gasteiger partial charge in [0.1, 0.15) is 0 Å². The maximum atomic E-state index is 12.8. The molecule has 49 heavy (non-hydrogen) atoms. The largest absolute Gasteiger partial charge is 2.00 e. The van der Waals surface area contributed by atoms with E-state index in [2.05, 4.69) is 39.1 Å². The number of ether oxygens (including phenoxy) is 3. The van der Waals surface area contributed by atoms with E-state index in [9.17, 15) is 14.4 Å². The number of esters is 2. The second kappa shape index (κ2) is 17.5. The molecule has 0 bridgehead atoms. The summed E-state index contributed by atoms with van der Waals surface area (Å²) in [5, 5.41) is 4.34. The average Bonchev–Trinajstić information content (AvgIpc) is 3.73. The van der Waals surface area contributed by atoms with E-state index in [1.807, 2.05) is 26.0 Å². The fourth-order valence-electron chi connectivity index (χ4n) is 6.42. The summed E-state index contributed by atoms with van der Waals surface area (Å²) in [4.78, 5) is 50.2. The van der Waals surface area contributed by atoms with Gasteiger partial charge < -0.3 is 29.3 Å². The number of hydrogen-bond donors (Lipinski definition) is 0. The van der Waals surface area contributed by atoms with Crippen LogP contribution in [-0.4, -0.2) is 49.8 Å². The molecular formula is C38H46N4O6Zn. The van der Waals surface area contributed by atoms with Crippen molar-refractivity contribution in [3.05, 3.63) is 84.4 Å². The van der Waals surface area contributed by atoms with E-state index >= 15 is 0 Å². The third-order valence-electron chi connectivity index (χ3n) is 8.82. The minimum absolute atomic E-state index is 0. The Bertz CT molecular complexity index is 1760. The molecule has 0 saturated heterocycles. The van der Waals surface area contributed by atoms with Gasteiger partial charge in [-0.15, -0.1) is 17.1 Å². The minimum atomic E-state index is -0.374. The molecule has 0 atom stereocenters. The first-order chi connectivity index (χ1) is 23.0. The van der Waals surface area contributed by atoms with Crippen molar-refractivity contribution in [3.63, 3.8) is 0 Å². The van der Waals surface area contributed by atoms with Gasteiger partial charge >= 0.3 is 31.4 Å². The van der Waals surface area contributed by atoms with Crippen molar-refractivity contribution >= 4 is 41.6 Å². The van der Waals surface area contributed by atoms with Crippen molar-refractivity contribution < 1.29 is 48.1 Å². The van der Waals surface area contributed by atoms with E-state index in [0.29, 0.717) is 36.4 Å². The molecule has 0 fully saturated rings. The SMILES string of the molecule is CCC1=C(C)C(/C=C2\[N-]C(=O)C(CCOC(C)=O)=C2CC)=NC/1=C\c1[n-]c(/C=C2\N=C(OC)C(CCOC(C)=O)=C2CC)c(C)c1CC.[Zn+2]. The van der Waals surface area contributed by atoms with Gasteiger partial charge in [-0.05, 0) is 61.8 Å². The predicted molar refractivity (Wildman–Crippen MR) is 188 cm³/mol. The smallest absolute Gasteiger partial charge is 0.657 e. The molecule has 0 aliphatic carbocycles. The van der Waals surface area contributed by atoms with Crippen molar-refractivity contribution in [2.24, 2.45) is 9.98 Å². The molecule has 0 radical (unpaired) electrons. The molecule has 0 aromatic carbocycles. The van der Waals surface area contributed by atoms with Gasteiger partial charge in [0, 0.05) is 32.3 Å². The number of carbonyl (C=O) groups is 3. The Morgan fingerprint density at radius 2 is 1.31 bits per heavy atom. The third kappa shape index (κ3) is 8.74. The predicted octanol–water partition coefficient (Wildman–Crippen LogP) is 7.55. The average molecular weight is 720 g/mol. The first kappa shape index (κ1) is 39.3. The van der Waals surface area contributed by atoms with Crippen LogP contribution in [-0.2, 0) is 54.5 Å². The van der Waals surface area contributed by atoms with Gasteiger partial charge in [-0.25, -0.2) is 9.98 Å². The van der Waals surface area contributed by atoms with Crippen molar-refractivity contribution in [1.82, 2.24) is 4.98 Å². The van der Waals surface area contributed by atoms with Crippen LogP contribution in [0.2, 0.25) is 0 Å². The third-order valence-corrected chi connectivity index (χ3v) is 8.82. The number of aliphatic imine (C=N–C) groups is 2. The van der Waals surface area contributed by atoms with Crippen LogP contribution in [0.3, 0.4) is 0 Å². The summed E-state index contributed by atoms with van der Waals surface area (Å²) in [5.41, 5.74) is 12.5. The molecular weight excluding hydrogens is 674 g/mol. The zero-order valence-electron chi connectivity index (χ0n) is 30.3. The van der Waals surface area contributed by atoms with Crippen molar-refractivity contribution in [1.29, 1.82) is 0 Å². The van der Waals surface area contributed by atoms with Gasteiger partial charge in [0.2, 0.25) is 5.90 Å². The van der Waals surface area contributed by atoms with Crippen LogP contribution in [0.5, 0.6) is 0 Å². The van der Waals surface area contributed by atoms with Crippen LogP contribution in [0.25, 0.3) is 17.5 Å². The standard InChI is InChI=1S/C38H47N4O6.Zn/c1-10-25-21(5)31(18-35-27(12-3)29(37(45)41-35)14-16-47-23(7)43)39-33(25)20-34-26(11-2)22(6)32(40-34)19-36-28(13-4)30(38(42-36)46-9)15-17-48-24(8)44;/h18-20H,10-17H2,1-9H3,(H-,39,40,41,42,45);/q-1;+2/p-1. The molecule has 3 aliphatic heterocycles. The van der Waals surface area contributed by atoms with Gasteiger partial charge in [0.25, 0.3) is 0 Å². The van der Waals surface area contributed by atoms with Gasteiger partial charge in [-0.3, -0.25) is 9.59 Å². The fraction of sp³-hybridized carbons (Fsp3) is 0.447. The van der Waals surface area contributed by atoms with E-state index in [-0.39, 0.29) is 50.5 Å². The maximum Gasteiger partial charge on any atom is 2.00 e. The molecule has 1 amide bonds. The Balaban J connectivity index is 0.00000650. The molecule has 1 aromatic rings. The second-order valence-corrected chi connectivity index (χ2v) is 11.7. The normalized spacial score (nSPS) is 18.5. The molecule has 11 heteroatoms. The summed E-state index contributed by atoms with van der Waals surface area (Å²) in [6.45, 7) is 15.6. The molecule has 4 rings (SSSR count). The number of amides is 1. The monoisotopic (exact) mass is 718 g/mol. The van der Waals surface area contributed by atoms with Crippen molar-refractivity contribution in [2.45, 2.75) is 93.9 Å². The number of hydrogen-bond acceptors (Lipinski definition) is 8. The van der Waals surface area contributed by atoms with Gasteiger partial charge in [-0.1, -0.05) is 62.6 Å². The Kier molecular flexibility index (Phi) is 14.1. The Morgan fingerprint density at radius 1 is 0.735 bits per heavy atom. The number of aromatic nitrogens is 1. The topological polar surface area (TPSA) is 132 Å². The van der Waals surface area contributed by atoms with Crippen LogP contribution in [0.4, 0.5) is 0 Å². The molecule has 0 unspecified atom stereocenters. The van der Waals surface area contributed by atoms with Crippen LogP contribution >= 0.6 is 0 Å². The number of rotatable bonds is 13. The van der Waals surface area contributed by atoms with Crippen LogP contribution < -0.4 is 4.98 Å². The summed E-state index contributed by atoms with van der Waals surface area (Å²) < 4.78 is 15.9. The Labute approximate surface area is 302 Å². The minimum Gasteiger partial charge on any atom is -0.657 e. The van der Waals surface area contributed by atoms with Crippen LogP contribution in [0, 0.1) is 6.92 Å². The number of allylic oxidation sites excluding steroid dienone is 5. The first-order valence-corrected chi connectivity index (χ1v) is 16.7. The first-order valence-electron chi connectivity index (χ1n) is 16.7. The molecule has 4 heterocycles. The number of methoxy groups -OCH3 is 1. The van der Waals surface area contributed by atoms with E-state index in [1.54, 1.807) is 7.11 Å². The summed E-state index contributed by atoms with van der Waals surface area (Å²) in [6.07, 6.45) is 9.76. The fourth-order valence-corrected chi connectivity index (χ4v) is 6.42. The Morgan fingerprint density at radius 3 is 1.86 bits per heavy atom. The van der Waals surface area contributed by atoms with Crippen molar-refractivity contribution in [2.75, 3.05) is 20.3 Å². The molecule has 0 N–H and O–H groups in total. The van der Waals surface area contributed by atoms with E-state index < -0.39 is 0 Å².